The van der Waals surface area contributed by atoms with Crippen LogP contribution < -0.4 is 5.73 Å². The second kappa shape index (κ2) is 6.65. The molecule has 0 aromatic carbocycles. The van der Waals surface area contributed by atoms with Gasteiger partial charge in [-0.05, 0) is 25.3 Å². The number of hydrogen-bond acceptors (Lipinski definition) is 6. The molecule has 24 heavy (non-hydrogen) atoms. The third-order valence-corrected chi connectivity index (χ3v) is 4.72. The van der Waals surface area contributed by atoms with Gasteiger partial charge in [0.15, 0.2) is 5.82 Å². The van der Waals surface area contributed by atoms with Gasteiger partial charge in [0.1, 0.15) is 5.82 Å². The maximum atomic E-state index is 5.96. The van der Waals surface area contributed by atoms with Crippen LogP contribution in [0.2, 0.25) is 0 Å². The fourth-order valence-corrected chi connectivity index (χ4v) is 3.35. The maximum Gasteiger partial charge on any atom is 0.173 e. The number of hydrogen-bond donors (Lipinski definition) is 1. The number of aliphatic imine (C=N–C) groups is 1. The number of rotatable bonds is 3. The second-order valence-electron chi connectivity index (χ2n) is 6.46. The van der Waals surface area contributed by atoms with Crippen LogP contribution in [0.1, 0.15) is 41.9 Å². The molecule has 0 atom stereocenters. The van der Waals surface area contributed by atoms with E-state index in [0.29, 0.717) is 5.82 Å². The summed E-state index contributed by atoms with van der Waals surface area (Å²) in [6, 6.07) is 3.97. The fourth-order valence-electron chi connectivity index (χ4n) is 3.35. The van der Waals surface area contributed by atoms with Crippen molar-refractivity contribution in [3.05, 3.63) is 47.2 Å². The standard InChI is InChI=1S/C18H22N6/c19-17-13(4-3-8-21-17)11-24-9-6-15-14(12-24)10-22-18(23-15)16-5-1-2-7-20-16/h3-4,8,10H,1-2,5-7,9,11-12H2,(H2,19,21). The molecule has 0 saturated carbocycles. The van der Waals surface area contributed by atoms with Gasteiger partial charge in [-0.1, -0.05) is 6.07 Å². The van der Waals surface area contributed by atoms with E-state index in [1.54, 1.807) is 6.20 Å². The Balaban J connectivity index is 1.49. The Kier molecular flexibility index (Phi) is 4.21. The van der Waals surface area contributed by atoms with Gasteiger partial charge in [-0.2, -0.15) is 0 Å². The minimum absolute atomic E-state index is 0.616. The monoisotopic (exact) mass is 322 g/mol. The third kappa shape index (κ3) is 3.14. The van der Waals surface area contributed by atoms with Gasteiger partial charge in [0.05, 0.1) is 11.4 Å². The first kappa shape index (κ1) is 15.2. The molecule has 2 aliphatic rings. The average Bonchev–Trinajstić information content (AvgIpc) is 2.64. The minimum atomic E-state index is 0.616. The van der Waals surface area contributed by atoms with Crippen molar-refractivity contribution in [3.63, 3.8) is 0 Å². The molecule has 0 bridgehead atoms. The summed E-state index contributed by atoms with van der Waals surface area (Å²) in [6.07, 6.45) is 8.03. The normalized spacial score (nSPS) is 18.1. The highest BCUT2D eigenvalue weighted by Crippen LogP contribution is 2.21. The summed E-state index contributed by atoms with van der Waals surface area (Å²) in [5.74, 6) is 1.45. The van der Waals surface area contributed by atoms with Crippen LogP contribution in [0, 0.1) is 0 Å². The van der Waals surface area contributed by atoms with E-state index in [1.165, 1.54) is 24.1 Å². The Morgan fingerprint density at radius 3 is 2.96 bits per heavy atom. The third-order valence-electron chi connectivity index (χ3n) is 4.72. The molecule has 0 spiro atoms. The van der Waals surface area contributed by atoms with E-state index in [2.05, 4.69) is 19.9 Å². The number of pyridine rings is 1. The topological polar surface area (TPSA) is 80.3 Å². The number of fused-ring (bicyclic) bond motifs is 1. The van der Waals surface area contributed by atoms with Crippen LogP contribution in [0.4, 0.5) is 5.82 Å². The maximum absolute atomic E-state index is 5.96. The number of anilines is 1. The van der Waals surface area contributed by atoms with Gasteiger partial charge < -0.3 is 5.73 Å². The summed E-state index contributed by atoms with van der Waals surface area (Å²) in [4.78, 5) is 20.5. The molecule has 2 N–H and O–H groups in total. The fraction of sp³-hybridized carbons (Fsp3) is 0.444. The van der Waals surface area contributed by atoms with E-state index in [9.17, 15) is 0 Å². The lowest BCUT2D eigenvalue weighted by Gasteiger charge is -2.28. The molecular formula is C18H22N6. The summed E-state index contributed by atoms with van der Waals surface area (Å²) in [5.41, 5.74) is 10.5. The Bertz CT molecular complexity index is 770. The van der Waals surface area contributed by atoms with E-state index >= 15 is 0 Å². The summed E-state index contributed by atoms with van der Waals surface area (Å²) in [7, 11) is 0. The van der Waals surface area contributed by atoms with Crippen LogP contribution in [0.5, 0.6) is 0 Å². The van der Waals surface area contributed by atoms with Crippen LogP contribution in [0.15, 0.2) is 29.5 Å². The Morgan fingerprint density at radius 2 is 2.12 bits per heavy atom. The molecule has 2 aliphatic heterocycles. The van der Waals surface area contributed by atoms with Crippen molar-refractivity contribution in [2.75, 3.05) is 18.8 Å². The molecule has 0 unspecified atom stereocenters. The van der Waals surface area contributed by atoms with Crippen LogP contribution in [0.25, 0.3) is 0 Å². The van der Waals surface area contributed by atoms with Gasteiger partial charge in [0.25, 0.3) is 0 Å². The Labute approximate surface area is 141 Å². The highest BCUT2D eigenvalue weighted by atomic mass is 15.1. The first-order chi connectivity index (χ1) is 11.8. The lowest BCUT2D eigenvalue weighted by molar-refractivity contribution is 0.243. The number of nitrogens with zero attached hydrogens (tertiary/aromatic N) is 5. The molecule has 124 valence electrons. The zero-order valence-corrected chi connectivity index (χ0v) is 13.8. The van der Waals surface area contributed by atoms with Crippen LogP contribution in [-0.4, -0.2) is 38.7 Å². The van der Waals surface area contributed by atoms with Crippen molar-refractivity contribution < 1.29 is 0 Å². The molecule has 0 saturated heterocycles. The van der Waals surface area contributed by atoms with Crippen LogP contribution in [0.3, 0.4) is 0 Å². The molecule has 0 fully saturated rings. The van der Waals surface area contributed by atoms with E-state index < -0.39 is 0 Å². The number of nitrogen functional groups attached to an aromatic ring is 1. The summed E-state index contributed by atoms with van der Waals surface area (Å²) >= 11 is 0. The van der Waals surface area contributed by atoms with Crippen LogP contribution >= 0.6 is 0 Å². The van der Waals surface area contributed by atoms with E-state index in [-0.39, 0.29) is 0 Å². The molecule has 2 aromatic rings. The first-order valence-electron chi connectivity index (χ1n) is 8.60. The zero-order chi connectivity index (χ0) is 16.4. The van der Waals surface area contributed by atoms with Crippen molar-refractivity contribution in [3.8, 4) is 0 Å². The van der Waals surface area contributed by atoms with Crippen molar-refractivity contribution in [1.82, 2.24) is 19.9 Å². The van der Waals surface area contributed by atoms with Gasteiger partial charge in [0, 0.05) is 56.1 Å². The van der Waals surface area contributed by atoms with Crippen molar-refractivity contribution in [2.24, 2.45) is 4.99 Å². The summed E-state index contributed by atoms with van der Waals surface area (Å²) in [5, 5.41) is 0. The predicted octanol–water partition coefficient (Wildman–Crippen LogP) is 1.99. The summed E-state index contributed by atoms with van der Waals surface area (Å²) in [6.45, 7) is 3.56. The van der Waals surface area contributed by atoms with Crippen molar-refractivity contribution in [1.29, 1.82) is 0 Å². The van der Waals surface area contributed by atoms with E-state index in [4.69, 9.17) is 10.7 Å². The number of nitrogens with two attached hydrogens (primary N) is 1. The molecule has 0 amide bonds. The predicted molar refractivity (Wildman–Crippen MR) is 93.8 cm³/mol. The SMILES string of the molecule is Nc1ncccc1CN1CCc2nc(C3=NCCCC3)ncc2C1. The summed E-state index contributed by atoms with van der Waals surface area (Å²) < 4.78 is 0. The lowest BCUT2D eigenvalue weighted by atomic mass is 10.0. The average molecular weight is 322 g/mol. The van der Waals surface area contributed by atoms with Crippen molar-refractivity contribution >= 4 is 11.5 Å². The Hall–Kier alpha value is -2.34. The smallest absolute Gasteiger partial charge is 0.173 e. The molecule has 6 nitrogen and oxygen atoms in total. The minimum Gasteiger partial charge on any atom is -0.383 e. The molecule has 4 heterocycles. The lowest BCUT2D eigenvalue weighted by Crippen LogP contribution is -2.31. The molecule has 0 aliphatic carbocycles. The first-order valence-corrected chi connectivity index (χ1v) is 8.60. The molecule has 2 aromatic heterocycles. The highest BCUT2D eigenvalue weighted by Gasteiger charge is 2.20. The van der Waals surface area contributed by atoms with Gasteiger partial charge >= 0.3 is 0 Å². The number of aromatic nitrogens is 3. The molecular weight excluding hydrogens is 300 g/mol. The quantitative estimate of drug-likeness (QED) is 0.934. The largest absolute Gasteiger partial charge is 0.383 e. The van der Waals surface area contributed by atoms with Gasteiger partial charge in [-0.3, -0.25) is 9.89 Å². The second-order valence-corrected chi connectivity index (χ2v) is 6.46. The van der Waals surface area contributed by atoms with Crippen LogP contribution in [-0.2, 0) is 19.5 Å². The molecule has 4 rings (SSSR count). The van der Waals surface area contributed by atoms with Gasteiger partial charge in [-0.15, -0.1) is 0 Å². The zero-order valence-electron chi connectivity index (χ0n) is 13.8. The van der Waals surface area contributed by atoms with Gasteiger partial charge in [-0.25, -0.2) is 15.0 Å². The highest BCUT2D eigenvalue weighted by molar-refractivity contribution is 5.97. The van der Waals surface area contributed by atoms with Gasteiger partial charge in [0.2, 0.25) is 0 Å². The van der Waals surface area contributed by atoms with Crippen molar-refractivity contribution in [2.45, 2.75) is 38.8 Å². The molecule has 6 heteroatoms. The molecule has 0 radical (unpaired) electrons. The van der Waals surface area contributed by atoms with E-state index in [1.807, 2.05) is 18.3 Å². The Morgan fingerprint density at radius 1 is 1.17 bits per heavy atom. The van der Waals surface area contributed by atoms with E-state index in [0.717, 1.165) is 56.1 Å².